The summed E-state index contributed by atoms with van der Waals surface area (Å²) in [6, 6.07) is 10.3. The molecule has 0 aliphatic carbocycles. The van der Waals surface area contributed by atoms with Crippen LogP contribution in [0.15, 0.2) is 35.3 Å². The maximum atomic E-state index is 4.70. The normalized spacial score (nSPS) is 12.3. The lowest BCUT2D eigenvalue weighted by Crippen LogP contribution is -2.42. The molecule has 4 nitrogen and oxygen atoms in total. The van der Waals surface area contributed by atoms with Crippen LogP contribution < -0.4 is 10.6 Å². The molecule has 0 saturated heterocycles. The zero-order valence-corrected chi connectivity index (χ0v) is 16.6. The molecule has 1 aromatic heterocycles. The minimum atomic E-state index is 0.179. The van der Waals surface area contributed by atoms with Gasteiger partial charge < -0.3 is 10.6 Å². The van der Waals surface area contributed by atoms with Crippen molar-refractivity contribution in [2.24, 2.45) is 4.99 Å². The molecule has 6 heteroatoms. The molecular weight excluding hydrogens is 336 g/mol. The number of guanidine groups is 1. The molecule has 24 heavy (non-hydrogen) atoms. The van der Waals surface area contributed by atoms with Gasteiger partial charge in [-0.05, 0) is 27.0 Å². The quantitative estimate of drug-likeness (QED) is 0.604. The van der Waals surface area contributed by atoms with Gasteiger partial charge in [0.05, 0.1) is 12.2 Å². The summed E-state index contributed by atoms with van der Waals surface area (Å²) in [5.74, 6) is 0.825. The van der Waals surface area contributed by atoms with Gasteiger partial charge in [-0.25, -0.2) is 4.98 Å². The molecule has 0 aliphatic heterocycles. The lowest BCUT2D eigenvalue weighted by atomic mass is 10.2. The third-order valence-corrected chi connectivity index (χ3v) is 6.24. The summed E-state index contributed by atoms with van der Waals surface area (Å²) in [4.78, 5) is 10.2. The second kappa shape index (κ2) is 8.53. The largest absolute Gasteiger partial charge is 0.355 e. The number of benzene rings is 1. The van der Waals surface area contributed by atoms with Gasteiger partial charge in [-0.1, -0.05) is 30.3 Å². The van der Waals surface area contributed by atoms with Crippen LogP contribution in [0.25, 0.3) is 10.6 Å². The third kappa shape index (κ3) is 5.24. The summed E-state index contributed by atoms with van der Waals surface area (Å²) in [6.45, 7) is 8.10. The number of nitrogens with zero attached hydrogens (tertiary/aromatic N) is 2. The van der Waals surface area contributed by atoms with Crippen molar-refractivity contribution in [3.05, 3.63) is 40.9 Å². The fraction of sp³-hybridized carbons (Fsp3) is 0.444. The molecule has 1 aromatic carbocycles. The van der Waals surface area contributed by atoms with Crippen LogP contribution in [0.5, 0.6) is 0 Å². The van der Waals surface area contributed by atoms with Gasteiger partial charge in [-0.15, -0.1) is 11.3 Å². The van der Waals surface area contributed by atoms with Crippen molar-refractivity contribution in [2.75, 3.05) is 19.8 Å². The van der Waals surface area contributed by atoms with Gasteiger partial charge in [-0.3, -0.25) is 4.99 Å². The van der Waals surface area contributed by atoms with E-state index in [4.69, 9.17) is 4.98 Å². The maximum Gasteiger partial charge on any atom is 0.191 e. The summed E-state index contributed by atoms with van der Waals surface area (Å²) < 4.78 is 0.179. The van der Waals surface area contributed by atoms with E-state index in [2.05, 4.69) is 54.8 Å². The minimum absolute atomic E-state index is 0.179. The van der Waals surface area contributed by atoms with Gasteiger partial charge in [0.1, 0.15) is 5.01 Å². The average molecular weight is 363 g/mol. The van der Waals surface area contributed by atoms with E-state index in [1.807, 2.05) is 30.0 Å². The fourth-order valence-electron chi connectivity index (χ4n) is 2.05. The molecule has 0 saturated carbocycles. The van der Waals surface area contributed by atoms with Crippen molar-refractivity contribution in [3.8, 4) is 10.6 Å². The van der Waals surface area contributed by atoms with Crippen molar-refractivity contribution < 1.29 is 0 Å². The number of nitrogens with one attached hydrogen (secondary N) is 2. The smallest absolute Gasteiger partial charge is 0.191 e. The molecule has 0 unspecified atom stereocenters. The molecule has 0 spiro atoms. The Kier molecular flexibility index (Phi) is 6.69. The Morgan fingerprint density at radius 1 is 1.25 bits per heavy atom. The van der Waals surface area contributed by atoms with Gasteiger partial charge in [0.2, 0.25) is 0 Å². The van der Waals surface area contributed by atoms with Crippen LogP contribution in [0, 0.1) is 6.92 Å². The molecule has 130 valence electrons. The van der Waals surface area contributed by atoms with E-state index < -0.39 is 0 Å². The predicted molar refractivity (Wildman–Crippen MR) is 108 cm³/mol. The number of aryl methyl sites for hydroxylation is 1. The highest BCUT2D eigenvalue weighted by Gasteiger charge is 2.16. The van der Waals surface area contributed by atoms with Crippen molar-refractivity contribution in [2.45, 2.75) is 32.1 Å². The number of thioether (sulfide) groups is 1. The molecule has 0 fully saturated rings. The first kappa shape index (κ1) is 18.8. The topological polar surface area (TPSA) is 49.3 Å². The van der Waals surface area contributed by atoms with E-state index >= 15 is 0 Å². The lowest BCUT2D eigenvalue weighted by Gasteiger charge is -2.23. The van der Waals surface area contributed by atoms with Crippen molar-refractivity contribution in [3.63, 3.8) is 0 Å². The standard InChI is InChI=1S/C18H26N4S2/c1-13-15(24-16(22-13)14-9-7-6-8-10-14)11-20-17(19-4)21-12-18(2,3)23-5/h6-10H,11-12H2,1-5H3,(H2,19,20,21). The summed E-state index contributed by atoms with van der Waals surface area (Å²) in [7, 11) is 1.80. The summed E-state index contributed by atoms with van der Waals surface area (Å²) in [6.07, 6.45) is 2.13. The highest BCUT2D eigenvalue weighted by atomic mass is 32.2. The van der Waals surface area contributed by atoms with Crippen LogP contribution in [-0.4, -0.2) is 35.5 Å². The number of thiazole rings is 1. The predicted octanol–water partition coefficient (Wildman–Crippen LogP) is 3.93. The van der Waals surface area contributed by atoms with Crippen LogP contribution in [0.2, 0.25) is 0 Å². The molecule has 0 bridgehead atoms. The zero-order chi connectivity index (χ0) is 17.6. The Labute approximate surface area is 153 Å². The Balaban J connectivity index is 1.97. The third-order valence-electron chi connectivity index (χ3n) is 3.79. The maximum absolute atomic E-state index is 4.70. The van der Waals surface area contributed by atoms with E-state index in [9.17, 15) is 0 Å². The molecular formula is C18H26N4S2. The SMILES string of the molecule is CN=C(NCc1sc(-c2ccccc2)nc1C)NCC(C)(C)SC. The first-order valence-electron chi connectivity index (χ1n) is 7.96. The number of aliphatic imine (C=N–C) groups is 1. The molecule has 1 heterocycles. The van der Waals surface area contributed by atoms with Gasteiger partial charge >= 0.3 is 0 Å². The molecule has 2 aromatic rings. The summed E-state index contributed by atoms with van der Waals surface area (Å²) >= 11 is 3.58. The molecule has 2 N–H and O–H groups in total. The summed E-state index contributed by atoms with van der Waals surface area (Å²) in [5.41, 5.74) is 2.24. The molecule has 0 radical (unpaired) electrons. The second-order valence-electron chi connectivity index (χ2n) is 6.14. The van der Waals surface area contributed by atoms with E-state index in [1.54, 1.807) is 18.4 Å². The van der Waals surface area contributed by atoms with Crippen LogP contribution in [0.3, 0.4) is 0 Å². The minimum Gasteiger partial charge on any atom is -0.355 e. The van der Waals surface area contributed by atoms with Gasteiger partial charge in [0.15, 0.2) is 5.96 Å². The number of rotatable bonds is 6. The monoisotopic (exact) mass is 362 g/mol. The first-order valence-corrected chi connectivity index (χ1v) is 10.0. The molecule has 0 atom stereocenters. The number of aromatic nitrogens is 1. The Morgan fingerprint density at radius 3 is 2.58 bits per heavy atom. The molecule has 0 aliphatic rings. The van der Waals surface area contributed by atoms with E-state index in [1.165, 1.54) is 10.4 Å². The van der Waals surface area contributed by atoms with Crippen LogP contribution in [0.4, 0.5) is 0 Å². The molecule has 0 amide bonds. The average Bonchev–Trinajstić information content (AvgIpc) is 2.97. The van der Waals surface area contributed by atoms with Crippen molar-refractivity contribution >= 4 is 29.1 Å². The second-order valence-corrected chi connectivity index (χ2v) is 8.73. The van der Waals surface area contributed by atoms with Crippen molar-refractivity contribution in [1.82, 2.24) is 15.6 Å². The van der Waals surface area contributed by atoms with Gasteiger partial charge in [0.25, 0.3) is 0 Å². The fourth-order valence-corrected chi connectivity index (χ4v) is 3.27. The van der Waals surface area contributed by atoms with E-state index in [0.717, 1.165) is 29.8 Å². The Hall–Kier alpha value is -1.53. The highest BCUT2D eigenvalue weighted by molar-refractivity contribution is 7.99. The Morgan fingerprint density at radius 2 is 1.96 bits per heavy atom. The number of hydrogen-bond donors (Lipinski definition) is 2. The van der Waals surface area contributed by atoms with Crippen LogP contribution in [-0.2, 0) is 6.54 Å². The summed E-state index contributed by atoms with van der Waals surface area (Å²) in [5, 5.41) is 7.85. The Bertz CT molecular complexity index is 678. The van der Waals surface area contributed by atoms with Crippen LogP contribution in [0.1, 0.15) is 24.4 Å². The van der Waals surface area contributed by atoms with Crippen molar-refractivity contribution in [1.29, 1.82) is 0 Å². The zero-order valence-electron chi connectivity index (χ0n) is 15.0. The number of hydrogen-bond acceptors (Lipinski definition) is 4. The molecule has 2 rings (SSSR count). The van der Waals surface area contributed by atoms with E-state index in [-0.39, 0.29) is 4.75 Å². The highest BCUT2D eigenvalue weighted by Crippen LogP contribution is 2.27. The lowest BCUT2D eigenvalue weighted by molar-refractivity contribution is 0.664. The van der Waals surface area contributed by atoms with E-state index in [0.29, 0.717) is 0 Å². The van der Waals surface area contributed by atoms with Gasteiger partial charge in [-0.2, -0.15) is 11.8 Å². The van der Waals surface area contributed by atoms with Gasteiger partial charge in [0, 0.05) is 28.8 Å². The van der Waals surface area contributed by atoms with Crippen LogP contribution >= 0.6 is 23.1 Å². The first-order chi connectivity index (χ1) is 11.4.